The van der Waals surface area contributed by atoms with Gasteiger partial charge in [-0.25, -0.2) is 4.21 Å². The summed E-state index contributed by atoms with van der Waals surface area (Å²) in [4.78, 5) is 17.6. The lowest BCUT2D eigenvalue weighted by atomic mass is 10.2. The molecule has 0 bridgehead atoms. The molecule has 2 saturated heterocycles. The highest BCUT2D eigenvalue weighted by Gasteiger charge is 2.28. The van der Waals surface area contributed by atoms with Gasteiger partial charge in [0.25, 0.3) is 0 Å². The van der Waals surface area contributed by atoms with Crippen LogP contribution < -0.4 is 9.80 Å². The molecule has 0 radical (unpaired) electrons. The molecule has 2 aliphatic heterocycles. The number of aliphatic imine (C=N–C) groups is 1. The van der Waals surface area contributed by atoms with Gasteiger partial charge in [-0.3, -0.25) is 4.99 Å². The zero-order valence-electron chi connectivity index (χ0n) is 18.1. The Morgan fingerprint density at radius 1 is 1.23 bits per heavy atom. The fourth-order valence-electron chi connectivity index (χ4n) is 3.54. The lowest BCUT2D eigenvalue weighted by molar-refractivity contribution is 0.0431. The van der Waals surface area contributed by atoms with Gasteiger partial charge in [0.15, 0.2) is 5.82 Å². The summed E-state index contributed by atoms with van der Waals surface area (Å²) in [5.41, 5.74) is 1.54. The molecule has 1 aromatic heterocycles. The Bertz CT molecular complexity index is 1080. The van der Waals surface area contributed by atoms with Crippen LogP contribution in [-0.2, 0) is 19.2 Å². The molecule has 2 fully saturated rings. The van der Waals surface area contributed by atoms with Crippen molar-refractivity contribution in [2.75, 3.05) is 56.1 Å². The standard InChI is InChI=1S/C21H28N6O3S/c1-15-12-29-10-9-27(15)20-11-19(25-31(4,28)16-13-30-14-16)23-21(24-20)26(3)18-8-6-5-7-17(18)22-2/h5-8,11,15-16H,2,9-10,12-14H2,1,3-4H3/t15-,31?/m1/s1. The normalized spacial score (nSPS) is 21.1. The first-order chi connectivity index (χ1) is 14.9. The molecule has 2 atom stereocenters. The molecule has 0 saturated carbocycles. The van der Waals surface area contributed by atoms with E-state index in [9.17, 15) is 4.21 Å². The number of benzene rings is 1. The zero-order valence-corrected chi connectivity index (χ0v) is 18.9. The number of rotatable bonds is 6. The molecular formula is C21H28N6O3S. The van der Waals surface area contributed by atoms with Gasteiger partial charge in [-0.2, -0.15) is 14.3 Å². The summed E-state index contributed by atoms with van der Waals surface area (Å²) in [5, 5.41) is -0.0832. The predicted molar refractivity (Wildman–Crippen MR) is 124 cm³/mol. The van der Waals surface area contributed by atoms with E-state index in [0.29, 0.717) is 44.7 Å². The first-order valence-corrected chi connectivity index (χ1v) is 12.2. The SMILES string of the molecule is C=Nc1ccccc1N(C)c1nc(N=S(C)(=O)C2COC2)cc(N2CCOC[C@H]2C)n1. The van der Waals surface area contributed by atoms with E-state index in [2.05, 4.69) is 32.9 Å². The number of aromatic nitrogens is 2. The molecule has 0 aliphatic carbocycles. The Balaban J connectivity index is 1.80. The van der Waals surface area contributed by atoms with E-state index in [1.165, 1.54) is 0 Å². The van der Waals surface area contributed by atoms with Gasteiger partial charge in [0, 0.05) is 25.9 Å². The maximum atomic E-state index is 13.2. The third-order valence-corrected chi connectivity index (χ3v) is 7.62. The van der Waals surface area contributed by atoms with E-state index >= 15 is 0 Å². The predicted octanol–water partition coefficient (Wildman–Crippen LogP) is 2.93. The summed E-state index contributed by atoms with van der Waals surface area (Å²) in [6.07, 6.45) is 1.67. The molecule has 0 amide bonds. The molecule has 1 unspecified atom stereocenters. The van der Waals surface area contributed by atoms with Crippen LogP contribution in [0.15, 0.2) is 39.7 Å². The third-order valence-electron chi connectivity index (χ3n) is 5.56. The highest BCUT2D eigenvalue weighted by Crippen LogP contribution is 2.33. The van der Waals surface area contributed by atoms with Crippen molar-refractivity contribution in [3.63, 3.8) is 0 Å². The molecule has 166 valence electrons. The second-order valence-corrected chi connectivity index (χ2v) is 10.4. The molecule has 10 heteroatoms. The summed E-state index contributed by atoms with van der Waals surface area (Å²) in [5.74, 6) is 1.58. The minimum atomic E-state index is -2.49. The average molecular weight is 445 g/mol. The van der Waals surface area contributed by atoms with Crippen LogP contribution in [0.2, 0.25) is 0 Å². The summed E-state index contributed by atoms with van der Waals surface area (Å²) in [7, 11) is -0.614. The van der Waals surface area contributed by atoms with E-state index in [0.717, 1.165) is 17.2 Å². The smallest absolute Gasteiger partial charge is 0.233 e. The largest absolute Gasteiger partial charge is 0.379 e. The monoisotopic (exact) mass is 444 g/mol. The maximum Gasteiger partial charge on any atom is 0.233 e. The fourth-order valence-corrected chi connectivity index (χ4v) is 4.85. The lowest BCUT2D eigenvalue weighted by Gasteiger charge is -2.34. The highest BCUT2D eigenvalue weighted by molar-refractivity contribution is 7.93. The van der Waals surface area contributed by atoms with Crippen LogP contribution in [0.4, 0.5) is 29.0 Å². The quantitative estimate of drug-likeness (QED) is 0.633. The number of hydrogen-bond donors (Lipinski definition) is 0. The topological polar surface area (TPSA) is 92.5 Å². The minimum Gasteiger partial charge on any atom is -0.379 e. The highest BCUT2D eigenvalue weighted by atomic mass is 32.2. The second-order valence-electron chi connectivity index (χ2n) is 7.82. The molecule has 31 heavy (non-hydrogen) atoms. The van der Waals surface area contributed by atoms with Crippen molar-refractivity contribution in [3.05, 3.63) is 30.3 Å². The molecule has 9 nitrogen and oxygen atoms in total. The fraction of sp³-hybridized carbons (Fsp3) is 0.476. The van der Waals surface area contributed by atoms with Gasteiger partial charge < -0.3 is 19.3 Å². The zero-order chi connectivity index (χ0) is 22.0. The summed E-state index contributed by atoms with van der Waals surface area (Å²) in [6, 6.07) is 9.61. The van der Waals surface area contributed by atoms with Gasteiger partial charge in [-0.1, -0.05) is 12.1 Å². The minimum absolute atomic E-state index is 0.0832. The lowest BCUT2D eigenvalue weighted by Crippen LogP contribution is -2.44. The molecule has 0 N–H and O–H groups in total. The van der Waals surface area contributed by atoms with Gasteiger partial charge in [0.05, 0.1) is 58.8 Å². The van der Waals surface area contributed by atoms with Crippen molar-refractivity contribution in [2.24, 2.45) is 9.36 Å². The Morgan fingerprint density at radius 3 is 2.68 bits per heavy atom. The van der Waals surface area contributed by atoms with Crippen LogP contribution in [0.3, 0.4) is 0 Å². The number of morpholine rings is 1. The van der Waals surface area contributed by atoms with Crippen LogP contribution in [0.5, 0.6) is 0 Å². The van der Waals surface area contributed by atoms with Gasteiger partial charge in [0.1, 0.15) is 5.82 Å². The van der Waals surface area contributed by atoms with E-state index < -0.39 is 9.73 Å². The van der Waals surface area contributed by atoms with Crippen molar-refractivity contribution < 1.29 is 13.7 Å². The molecule has 0 spiro atoms. The number of hydrogen-bond acceptors (Lipinski definition) is 9. The third kappa shape index (κ3) is 4.56. The Kier molecular flexibility index (Phi) is 6.22. The Hall–Kier alpha value is -2.56. The van der Waals surface area contributed by atoms with E-state index in [-0.39, 0.29) is 11.3 Å². The molecule has 4 rings (SSSR count). The van der Waals surface area contributed by atoms with Crippen LogP contribution in [0, 0.1) is 0 Å². The van der Waals surface area contributed by atoms with Crippen molar-refractivity contribution in [1.82, 2.24) is 9.97 Å². The Morgan fingerprint density at radius 2 is 2.00 bits per heavy atom. The second kappa shape index (κ2) is 8.89. The van der Waals surface area contributed by atoms with Gasteiger partial charge >= 0.3 is 0 Å². The van der Waals surface area contributed by atoms with Crippen LogP contribution >= 0.6 is 0 Å². The molecule has 2 aromatic rings. The van der Waals surface area contributed by atoms with E-state index in [1.807, 2.05) is 36.2 Å². The van der Waals surface area contributed by atoms with Crippen LogP contribution in [0.25, 0.3) is 0 Å². The molecule has 2 aliphatic rings. The molecule has 3 heterocycles. The molecule has 1 aromatic carbocycles. The first-order valence-electron chi connectivity index (χ1n) is 10.2. The number of ether oxygens (including phenoxy) is 2. The van der Waals surface area contributed by atoms with Gasteiger partial charge in [0.2, 0.25) is 5.95 Å². The van der Waals surface area contributed by atoms with Crippen molar-refractivity contribution in [3.8, 4) is 0 Å². The van der Waals surface area contributed by atoms with Gasteiger partial charge in [-0.15, -0.1) is 0 Å². The molecular weight excluding hydrogens is 416 g/mol. The number of anilines is 3. The van der Waals surface area contributed by atoms with Crippen LogP contribution in [0.1, 0.15) is 6.92 Å². The van der Waals surface area contributed by atoms with Crippen molar-refractivity contribution >= 4 is 45.4 Å². The first kappa shape index (κ1) is 21.7. The summed E-state index contributed by atoms with van der Waals surface area (Å²) in [6.45, 7) is 8.63. The van der Waals surface area contributed by atoms with E-state index in [4.69, 9.17) is 14.5 Å². The number of para-hydroxylation sites is 2. The van der Waals surface area contributed by atoms with Crippen LogP contribution in [-0.4, -0.2) is 78.5 Å². The van der Waals surface area contributed by atoms with E-state index in [1.54, 1.807) is 12.3 Å². The van der Waals surface area contributed by atoms with Crippen molar-refractivity contribution in [2.45, 2.75) is 18.2 Å². The van der Waals surface area contributed by atoms with Crippen molar-refractivity contribution in [1.29, 1.82) is 0 Å². The summed E-state index contributed by atoms with van der Waals surface area (Å²) < 4.78 is 28.5. The maximum absolute atomic E-state index is 13.2. The van der Waals surface area contributed by atoms with Gasteiger partial charge in [-0.05, 0) is 25.8 Å². The summed E-state index contributed by atoms with van der Waals surface area (Å²) >= 11 is 0. The Labute approximate surface area is 183 Å². The number of nitrogens with zero attached hydrogens (tertiary/aromatic N) is 6. The average Bonchev–Trinajstić information content (AvgIpc) is 2.71.